The van der Waals surface area contributed by atoms with Gasteiger partial charge in [0.25, 0.3) is 0 Å². The van der Waals surface area contributed by atoms with E-state index in [9.17, 15) is 9.90 Å². The minimum atomic E-state index is -0.857. The molecule has 0 saturated carbocycles. The van der Waals surface area contributed by atoms with E-state index in [0.29, 0.717) is 12.5 Å². The summed E-state index contributed by atoms with van der Waals surface area (Å²) >= 11 is 0. The lowest BCUT2D eigenvalue weighted by molar-refractivity contribution is -0.151. The second kappa shape index (κ2) is 4.04. The third-order valence-corrected chi connectivity index (χ3v) is 3.52. The number of aliphatic hydroxyl groups is 1. The van der Waals surface area contributed by atoms with Crippen molar-refractivity contribution in [1.29, 1.82) is 0 Å². The Morgan fingerprint density at radius 1 is 1.43 bits per heavy atom. The van der Waals surface area contributed by atoms with Crippen LogP contribution in [0.3, 0.4) is 0 Å². The van der Waals surface area contributed by atoms with Crippen molar-refractivity contribution < 1.29 is 15.0 Å². The molecule has 0 aromatic heterocycles. The van der Waals surface area contributed by atoms with Crippen molar-refractivity contribution in [3.05, 3.63) is 0 Å². The Kier molecular flexibility index (Phi) is 3.40. The van der Waals surface area contributed by atoms with Crippen molar-refractivity contribution in [3.8, 4) is 0 Å². The van der Waals surface area contributed by atoms with Crippen molar-refractivity contribution in [1.82, 2.24) is 4.90 Å². The van der Waals surface area contributed by atoms with Gasteiger partial charge in [0.15, 0.2) is 0 Å². The summed E-state index contributed by atoms with van der Waals surface area (Å²) < 4.78 is 0. The van der Waals surface area contributed by atoms with Gasteiger partial charge in [0, 0.05) is 12.1 Å². The first kappa shape index (κ1) is 11.8. The van der Waals surface area contributed by atoms with Crippen LogP contribution < -0.4 is 0 Å². The molecule has 2 aliphatic rings. The van der Waals surface area contributed by atoms with Gasteiger partial charge in [-0.2, -0.15) is 0 Å². The number of carboxylic acids is 1. The van der Waals surface area contributed by atoms with Crippen LogP contribution in [0.2, 0.25) is 0 Å². The van der Waals surface area contributed by atoms with Crippen LogP contribution in [0.5, 0.6) is 0 Å². The van der Waals surface area contributed by atoms with Crippen LogP contribution in [0.25, 0.3) is 0 Å². The highest BCUT2D eigenvalue weighted by Crippen LogP contribution is 2.38. The van der Waals surface area contributed by atoms with Gasteiger partial charge in [-0.15, -0.1) is 12.4 Å². The van der Waals surface area contributed by atoms with E-state index in [4.69, 9.17) is 5.11 Å². The first-order chi connectivity index (χ1) is 6.11. The van der Waals surface area contributed by atoms with Crippen LogP contribution in [0.1, 0.15) is 19.3 Å². The van der Waals surface area contributed by atoms with E-state index in [1.54, 1.807) is 0 Å². The standard InChI is InChI=1S/C9H15NO3.ClH/c1-10-5-2-3-6(10)8(9(12)13)7(11)4-5;/h5-8,11H,2-4H2,1H3,(H,12,13);1H. The molecule has 0 aromatic carbocycles. The predicted octanol–water partition coefficient (Wildman–Crippen LogP) is 0.336. The molecule has 0 aromatic rings. The number of hydrogen-bond acceptors (Lipinski definition) is 3. The van der Waals surface area contributed by atoms with E-state index in [2.05, 4.69) is 4.90 Å². The summed E-state index contributed by atoms with van der Waals surface area (Å²) in [6.07, 6.45) is 1.91. The first-order valence-electron chi connectivity index (χ1n) is 4.74. The zero-order valence-electron chi connectivity index (χ0n) is 8.09. The normalized spacial score (nSPS) is 41.9. The summed E-state index contributed by atoms with van der Waals surface area (Å²) in [6.45, 7) is 0. The van der Waals surface area contributed by atoms with E-state index in [0.717, 1.165) is 12.8 Å². The van der Waals surface area contributed by atoms with E-state index >= 15 is 0 Å². The van der Waals surface area contributed by atoms with Gasteiger partial charge in [-0.05, 0) is 26.3 Å². The third-order valence-electron chi connectivity index (χ3n) is 3.52. The van der Waals surface area contributed by atoms with Gasteiger partial charge in [-0.1, -0.05) is 0 Å². The Balaban J connectivity index is 0.000000980. The van der Waals surface area contributed by atoms with Crippen molar-refractivity contribution >= 4 is 18.4 Å². The van der Waals surface area contributed by atoms with Gasteiger partial charge in [0.05, 0.1) is 12.0 Å². The largest absolute Gasteiger partial charge is 0.481 e. The highest BCUT2D eigenvalue weighted by atomic mass is 35.5. The molecule has 0 aliphatic carbocycles. The molecule has 14 heavy (non-hydrogen) atoms. The molecule has 2 aliphatic heterocycles. The van der Waals surface area contributed by atoms with Gasteiger partial charge >= 0.3 is 5.97 Å². The molecule has 5 heteroatoms. The smallest absolute Gasteiger partial charge is 0.310 e. The lowest BCUT2D eigenvalue weighted by Gasteiger charge is -2.38. The Labute approximate surface area is 89.3 Å². The Morgan fingerprint density at radius 2 is 2.07 bits per heavy atom. The number of rotatable bonds is 1. The zero-order chi connectivity index (χ0) is 9.59. The third kappa shape index (κ3) is 1.62. The molecule has 2 rings (SSSR count). The van der Waals surface area contributed by atoms with E-state index < -0.39 is 18.0 Å². The summed E-state index contributed by atoms with van der Waals surface area (Å²) in [6, 6.07) is 0.446. The fourth-order valence-electron chi connectivity index (χ4n) is 2.77. The molecule has 2 fully saturated rings. The van der Waals surface area contributed by atoms with Crippen LogP contribution in [-0.2, 0) is 4.79 Å². The molecule has 4 unspecified atom stereocenters. The molecule has 2 heterocycles. The summed E-state index contributed by atoms with van der Waals surface area (Å²) in [4.78, 5) is 13.0. The van der Waals surface area contributed by atoms with Crippen LogP contribution in [-0.4, -0.2) is 46.3 Å². The number of carbonyl (C=O) groups is 1. The Morgan fingerprint density at radius 3 is 2.64 bits per heavy atom. The molecule has 4 atom stereocenters. The molecule has 2 saturated heterocycles. The Bertz CT molecular complexity index is 236. The first-order valence-corrected chi connectivity index (χ1v) is 4.74. The maximum atomic E-state index is 10.9. The number of piperidine rings is 1. The molecule has 2 N–H and O–H groups in total. The molecule has 0 spiro atoms. The monoisotopic (exact) mass is 221 g/mol. The van der Waals surface area contributed by atoms with Crippen molar-refractivity contribution in [2.24, 2.45) is 5.92 Å². The molecular formula is C9H16ClNO3. The van der Waals surface area contributed by atoms with Crippen LogP contribution in [0.15, 0.2) is 0 Å². The van der Waals surface area contributed by atoms with Crippen LogP contribution in [0, 0.1) is 5.92 Å². The number of fused-ring (bicyclic) bond motifs is 2. The molecule has 0 amide bonds. The number of nitrogens with zero attached hydrogens (tertiary/aromatic N) is 1. The van der Waals surface area contributed by atoms with E-state index in [1.807, 2.05) is 7.05 Å². The maximum absolute atomic E-state index is 10.9. The highest BCUT2D eigenvalue weighted by molar-refractivity contribution is 5.85. The summed E-state index contributed by atoms with van der Waals surface area (Å²) in [7, 11) is 1.96. The van der Waals surface area contributed by atoms with Gasteiger partial charge in [-0.25, -0.2) is 0 Å². The van der Waals surface area contributed by atoms with Crippen molar-refractivity contribution in [3.63, 3.8) is 0 Å². The number of aliphatic hydroxyl groups excluding tert-OH is 1. The number of carboxylic acid groups (broad SMARTS) is 1. The van der Waals surface area contributed by atoms with Gasteiger partial charge in [-0.3, -0.25) is 9.69 Å². The molecule has 2 bridgehead atoms. The highest BCUT2D eigenvalue weighted by Gasteiger charge is 2.48. The molecule has 82 valence electrons. The van der Waals surface area contributed by atoms with E-state index in [-0.39, 0.29) is 18.4 Å². The quantitative estimate of drug-likeness (QED) is 0.670. The molecule has 0 radical (unpaired) electrons. The second-order valence-corrected chi connectivity index (χ2v) is 4.13. The van der Waals surface area contributed by atoms with Gasteiger partial charge in [0.1, 0.15) is 0 Å². The van der Waals surface area contributed by atoms with Crippen LogP contribution >= 0.6 is 12.4 Å². The Hall–Kier alpha value is -0.320. The average molecular weight is 222 g/mol. The fraction of sp³-hybridized carbons (Fsp3) is 0.889. The van der Waals surface area contributed by atoms with E-state index in [1.165, 1.54) is 0 Å². The topological polar surface area (TPSA) is 60.8 Å². The zero-order valence-corrected chi connectivity index (χ0v) is 8.91. The lowest BCUT2D eigenvalue weighted by Crippen LogP contribution is -2.51. The SMILES string of the molecule is CN1C2CCC1C(C(=O)O)C(O)C2.Cl. The average Bonchev–Trinajstić information content (AvgIpc) is 2.34. The lowest BCUT2D eigenvalue weighted by atomic mass is 9.88. The molecule has 4 nitrogen and oxygen atoms in total. The van der Waals surface area contributed by atoms with Gasteiger partial charge < -0.3 is 10.2 Å². The van der Waals surface area contributed by atoms with Crippen molar-refractivity contribution in [2.75, 3.05) is 7.05 Å². The summed E-state index contributed by atoms with van der Waals surface area (Å²) in [5, 5.41) is 18.6. The minimum absolute atomic E-state index is 0. The summed E-state index contributed by atoms with van der Waals surface area (Å²) in [5.74, 6) is -1.44. The minimum Gasteiger partial charge on any atom is -0.481 e. The van der Waals surface area contributed by atoms with Crippen molar-refractivity contribution in [2.45, 2.75) is 37.5 Å². The summed E-state index contributed by atoms with van der Waals surface area (Å²) in [5.41, 5.74) is 0. The predicted molar refractivity (Wildman–Crippen MR) is 53.6 cm³/mol. The maximum Gasteiger partial charge on any atom is 0.310 e. The molecular weight excluding hydrogens is 206 g/mol. The van der Waals surface area contributed by atoms with Gasteiger partial charge in [0.2, 0.25) is 0 Å². The van der Waals surface area contributed by atoms with Crippen LogP contribution in [0.4, 0.5) is 0 Å². The fourth-order valence-corrected chi connectivity index (χ4v) is 2.77. The number of halogens is 1. The second-order valence-electron chi connectivity index (χ2n) is 4.13. The number of aliphatic carboxylic acids is 1. The number of hydrogen-bond donors (Lipinski definition) is 2.